The van der Waals surface area contributed by atoms with Crippen LogP contribution in [0.1, 0.15) is 41.9 Å². The van der Waals surface area contributed by atoms with Crippen LogP contribution in [-0.4, -0.2) is 68.4 Å². The second-order valence-corrected chi connectivity index (χ2v) is 9.48. The van der Waals surface area contributed by atoms with Gasteiger partial charge < -0.3 is 24.3 Å². The van der Waals surface area contributed by atoms with Crippen molar-refractivity contribution >= 4 is 34.3 Å². The molecule has 2 aliphatic rings. The van der Waals surface area contributed by atoms with E-state index in [2.05, 4.69) is 32.1 Å². The van der Waals surface area contributed by atoms with Crippen molar-refractivity contribution in [1.82, 2.24) is 29.5 Å². The second-order valence-electron chi connectivity index (χ2n) is 9.48. The molecule has 1 saturated carbocycles. The Kier molecular flexibility index (Phi) is 5.91. The molecule has 37 heavy (non-hydrogen) atoms. The van der Waals surface area contributed by atoms with Crippen molar-refractivity contribution in [1.29, 1.82) is 0 Å². The number of rotatable bonds is 6. The third kappa shape index (κ3) is 4.35. The average molecular weight is 501 g/mol. The fourth-order valence-corrected chi connectivity index (χ4v) is 4.66. The summed E-state index contributed by atoms with van der Waals surface area (Å²) in [6.07, 6.45) is 9.00. The maximum atomic E-state index is 12.8. The number of imidazole rings is 1. The molecular weight excluding hydrogens is 472 g/mol. The van der Waals surface area contributed by atoms with Crippen molar-refractivity contribution in [3.8, 4) is 11.3 Å². The molecule has 11 heteroatoms. The molecule has 0 bridgehead atoms. The molecule has 1 aliphatic heterocycles. The number of aromatic nitrogens is 6. The Bertz CT molecular complexity index is 1460. The van der Waals surface area contributed by atoms with Gasteiger partial charge in [-0.1, -0.05) is 0 Å². The first-order chi connectivity index (χ1) is 18.0. The highest BCUT2D eigenvalue weighted by atomic mass is 16.5. The van der Waals surface area contributed by atoms with Crippen LogP contribution in [0.5, 0.6) is 0 Å². The zero-order valence-electron chi connectivity index (χ0n) is 21.0. The summed E-state index contributed by atoms with van der Waals surface area (Å²) in [5.41, 5.74) is 4.62. The lowest BCUT2D eigenvalue weighted by Crippen LogP contribution is -2.44. The molecule has 1 N–H and O–H groups in total. The number of hydrogen-bond donors (Lipinski definition) is 1. The molecule has 6 rings (SSSR count). The highest BCUT2D eigenvalue weighted by Gasteiger charge is 2.33. The van der Waals surface area contributed by atoms with Gasteiger partial charge in [0.2, 0.25) is 0 Å². The van der Waals surface area contributed by atoms with Gasteiger partial charge in [-0.25, -0.2) is 24.7 Å². The van der Waals surface area contributed by atoms with Crippen molar-refractivity contribution in [3.63, 3.8) is 0 Å². The number of pyridine rings is 2. The molecule has 5 heterocycles. The zero-order chi connectivity index (χ0) is 25.5. The monoisotopic (exact) mass is 500 g/mol. The van der Waals surface area contributed by atoms with Crippen LogP contribution in [0, 0.1) is 0 Å². The molecule has 0 spiro atoms. The lowest BCUT2D eigenvalue weighted by Gasteiger charge is -2.34. The van der Waals surface area contributed by atoms with Crippen LogP contribution < -0.4 is 10.2 Å². The van der Waals surface area contributed by atoms with Crippen molar-refractivity contribution in [3.05, 3.63) is 48.4 Å². The molecule has 0 amide bonds. The Morgan fingerprint density at radius 2 is 2.03 bits per heavy atom. The summed E-state index contributed by atoms with van der Waals surface area (Å²) in [6, 6.07) is 4.14. The number of anilines is 3. The summed E-state index contributed by atoms with van der Waals surface area (Å²) < 4.78 is 12.5. The van der Waals surface area contributed by atoms with E-state index in [1.165, 1.54) is 7.11 Å². The van der Waals surface area contributed by atoms with Gasteiger partial charge in [0.05, 0.1) is 67.7 Å². The minimum absolute atomic E-state index is 0.0979. The summed E-state index contributed by atoms with van der Waals surface area (Å²) in [4.78, 5) is 38.4. The van der Waals surface area contributed by atoms with Gasteiger partial charge in [-0.3, -0.25) is 4.98 Å². The molecule has 1 saturated heterocycles. The number of nitrogens with one attached hydrogen (secondary N) is 1. The molecule has 0 unspecified atom stereocenters. The topological polar surface area (TPSA) is 120 Å². The maximum Gasteiger partial charge on any atom is 0.360 e. The Balaban J connectivity index is 1.39. The summed E-state index contributed by atoms with van der Waals surface area (Å²) in [5, 5.41) is 3.26. The van der Waals surface area contributed by atoms with Gasteiger partial charge in [0.25, 0.3) is 0 Å². The number of fused-ring (bicyclic) bond motifs is 1. The van der Waals surface area contributed by atoms with Crippen molar-refractivity contribution in [2.45, 2.75) is 31.7 Å². The van der Waals surface area contributed by atoms with Gasteiger partial charge >= 0.3 is 5.97 Å². The molecule has 190 valence electrons. The molecule has 2 fully saturated rings. The fraction of sp³-hybridized carbons (Fsp3) is 0.385. The molecule has 1 aliphatic carbocycles. The van der Waals surface area contributed by atoms with E-state index in [1.54, 1.807) is 24.9 Å². The van der Waals surface area contributed by atoms with Gasteiger partial charge in [0.15, 0.2) is 11.5 Å². The van der Waals surface area contributed by atoms with Gasteiger partial charge in [0.1, 0.15) is 11.3 Å². The van der Waals surface area contributed by atoms with E-state index < -0.39 is 5.97 Å². The molecule has 0 radical (unpaired) electrons. The van der Waals surface area contributed by atoms with Crippen molar-refractivity contribution in [2.24, 2.45) is 7.05 Å². The Hall–Kier alpha value is -4.12. The van der Waals surface area contributed by atoms with Crippen LogP contribution in [0.3, 0.4) is 0 Å². The predicted octanol–water partition coefficient (Wildman–Crippen LogP) is 3.45. The van der Waals surface area contributed by atoms with Crippen molar-refractivity contribution in [2.75, 3.05) is 37.1 Å². The van der Waals surface area contributed by atoms with Gasteiger partial charge in [-0.2, -0.15) is 0 Å². The van der Waals surface area contributed by atoms with Crippen LogP contribution in [0.15, 0.2) is 37.1 Å². The molecule has 4 aromatic heterocycles. The van der Waals surface area contributed by atoms with E-state index in [9.17, 15) is 4.79 Å². The Labute approximate surface area is 213 Å². The maximum absolute atomic E-state index is 12.8. The lowest BCUT2D eigenvalue weighted by molar-refractivity contribution is 0.0595. The minimum Gasteiger partial charge on any atom is -0.464 e. The van der Waals surface area contributed by atoms with Gasteiger partial charge in [0, 0.05) is 31.3 Å². The molecule has 11 nitrogen and oxygen atoms in total. The number of nitrogens with zero attached hydrogens (tertiary/aromatic N) is 7. The first-order valence-corrected chi connectivity index (χ1v) is 12.4. The smallest absolute Gasteiger partial charge is 0.360 e. The van der Waals surface area contributed by atoms with E-state index in [4.69, 9.17) is 19.4 Å². The van der Waals surface area contributed by atoms with E-state index in [0.29, 0.717) is 30.4 Å². The number of carbonyl (C=O) groups is 1. The fourth-order valence-electron chi connectivity index (χ4n) is 4.66. The molecular formula is C26H28N8O3. The first kappa shape index (κ1) is 23.3. The highest BCUT2D eigenvalue weighted by molar-refractivity contribution is 5.96. The summed E-state index contributed by atoms with van der Waals surface area (Å²) in [6.45, 7) is 4.27. The van der Waals surface area contributed by atoms with Crippen LogP contribution in [0.2, 0.25) is 0 Å². The summed E-state index contributed by atoms with van der Waals surface area (Å²) in [7, 11) is 3.25. The zero-order valence-corrected chi connectivity index (χ0v) is 21.0. The normalized spacial score (nSPS) is 17.7. The van der Waals surface area contributed by atoms with Gasteiger partial charge in [-0.15, -0.1) is 0 Å². The van der Waals surface area contributed by atoms with Crippen LogP contribution in [0.25, 0.3) is 22.3 Å². The number of methoxy groups -OCH3 is 1. The largest absolute Gasteiger partial charge is 0.464 e. The van der Waals surface area contributed by atoms with E-state index in [-0.39, 0.29) is 17.7 Å². The lowest BCUT2D eigenvalue weighted by atomic mass is 10.1. The standard InChI is InChI=1S/C26H28N8O3/c1-15-13-37-9-8-34(15)20-7-6-17(10-28-20)30-25-24(26(35)36-3)31-23(21(32-25)16-4-5-16)18-11-27-12-19-22(18)29-14-33(19)2/h6-7,10-12,14-16H,4-5,8-9,13H2,1-3H3,(H,30,32)/t15-/m1/s1. The molecule has 4 aromatic rings. The predicted molar refractivity (Wildman–Crippen MR) is 138 cm³/mol. The highest BCUT2D eigenvalue weighted by Crippen LogP contribution is 2.44. The third-order valence-corrected chi connectivity index (χ3v) is 6.83. The summed E-state index contributed by atoms with van der Waals surface area (Å²) >= 11 is 0. The minimum atomic E-state index is -0.577. The number of carbonyl (C=O) groups excluding carboxylic acids is 1. The number of esters is 1. The molecule has 1 atom stereocenters. The third-order valence-electron chi connectivity index (χ3n) is 6.83. The average Bonchev–Trinajstić information content (AvgIpc) is 3.71. The number of hydrogen-bond acceptors (Lipinski definition) is 10. The Morgan fingerprint density at radius 1 is 1.16 bits per heavy atom. The van der Waals surface area contributed by atoms with Gasteiger partial charge in [-0.05, 0) is 31.9 Å². The number of morpholine rings is 1. The number of aryl methyl sites for hydroxylation is 1. The summed E-state index contributed by atoms with van der Waals surface area (Å²) in [5.74, 6) is 0.905. The SMILES string of the molecule is COC(=O)c1nc(-c2cncc3c2ncn3C)c(C2CC2)nc1Nc1ccc(N2CCOC[C@H]2C)nc1. The van der Waals surface area contributed by atoms with Crippen molar-refractivity contribution < 1.29 is 14.3 Å². The second kappa shape index (κ2) is 9.40. The van der Waals surface area contributed by atoms with E-state index in [1.807, 2.05) is 23.7 Å². The quantitative estimate of drug-likeness (QED) is 0.394. The van der Waals surface area contributed by atoms with Crippen LogP contribution >= 0.6 is 0 Å². The number of ether oxygens (including phenoxy) is 2. The Morgan fingerprint density at radius 3 is 2.76 bits per heavy atom. The first-order valence-electron chi connectivity index (χ1n) is 12.4. The van der Waals surface area contributed by atoms with Crippen LogP contribution in [0.4, 0.5) is 17.3 Å². The molecule has 0 aromatic carbocycles. The van der Waals surface area contributed by atoms with E-state index in [0.717, 1.165) is 47.5 Å². The van der Waals surface area contributed by atoms with E-state index >= 15 is 0 Å². The van der Waals surface area contributed by atoms with Crippen LogP contribution in [-0.2, 0) is 16.5 Å².